The molecule has 0 atom stereocenters. The maximum Gasteiger partial charge on any atom is 0.303 e. The summed E-state index contributed by atoms with van der Waals surface area (Å²) in [4.78, 5) is 38.0. The molecule has 0 bridgehead atoms. The lowest BCUT2D eigenvalue weighted by Crippen LogP contribution is -2.15. The SMILES string of the molecule is O=C(O)CCC(=O)Nc1cccc(C(=O)Nc2nccs2)c1. The number of aliphatic carboxylic acids is 1. The first-order chi connectivity index (χ1) is 10.5. The van der Waals surface area contributed by atoms with Crippen molar-refractivity contribution in [1.82, 2.24) is 4.98 Å². The number of hydrogen-bond donors (Lipinski definition) is 3. The molecule has 1 aromatic carbocycles. The number of benzene rings is 1. The van der Waals surface area contributed by atoms with Gasteiger partial charge >= 0.3 is 5.97 Å². The molecule has 0 saturated heterocycles. The molecule has 7 nitrogen and oxygen atoms in total. The lowest BCUT2D eigenvalue weighted by atomic mass is 10.2. The summed E-state index contributed by atoms with van der Waals surface area (Å²) in [5.41, 5.74) is 0.799. The molecular weight excluding hydrogens is 306 g/mol. The summed E-state index contributed by atoms with van der Waals surface area (Å²) in [5.74, 6) is -1.79. The number of nitrogens with one attached hydrogen (secondary N) is 2. The highest BCUT2D eigenvalue weighted by molar-refractivity contribution is 7.13. The van der Waals surface area contributed by atoms with Gasteiger partial charge in [-0.25, -0.2) is 4.98 Å². The van der Waals surface area contributed by atoms with E-state index in [1.165, 1.54) is 17.4 Å². The third-order valence-electron chi connectivity index (χ3n) is 2.63. The minimum atomic E-state index is -1.04. The van der Waals surface area contributed by atoms with E-state index in [0.717, 1.165) is 0 Å². The van der Waals surface area contributed by atoms with Crippen molar-refractivity contribution in [3.63, 3.8) is 0 Å². The fourth-order valence-corrected chi connectivity index (χ4v) is 2.16. The monoisotopic (exact) mass is 319 g/mol. The number of carbonyl (C=O) groups is 3. The summed E-state index contributed by atoms with van der Waals surface area (Å²) in [6.45, 7) is 0. The number of carbonyl (C=O) groups excluding carboxylic acids is 2. The van der Waals surface area contributed by atoms with Gasteiger partial charge in [-0.15, -0.1) is 11.3 Å². The minimum absolute atomic E-state index is 0.120. The lowest BCUT2D eigenvalue weighted by Gasteiger charge is -2.07. The summed E-state index contributed by atoms with van der Waals surface area (Å²) in [6, 6.07) is 6.37. The van der Waals surface area contributed by atoms with Gasteiger partial charge in [-0.05, 0) is 18.2 Å². The van der Waals surface area contributed by atoms with E-state index >= 15 is 0 Å². The smallest absolute Gasteiger partial charge is 0.303 e. The number of nitrogens with zero attached hydrogens (tertiary/aromatic N) is 1. The van der Waals surface area contributed by atoms with Crippen molar-refractivity contribution in [2.45, 2.75) is 12.8 Å². The molecule has 0 aliphatic rings. The van der Waals surface area contributed by atoms with E-state index in [0.29, 0.717) is 16.4 Å². The van der Waals surface area contributed by atoms with Gasteiger partial charge in [-0.3, -0.25) is 19.7 Å². The first kappa shape index (κ1) is 15.6. The van der Waals surface area contributed by atoms with Gasteiger partial charge in [0.2, 0.25) is 5.91 Å². The quantitative estimate of drug-likeness (QED) is 0.756. The van der Waals surface area contributed by atoms with Gasteiger partial charge in [0, 0.05) is 29.2 Å². The Morgan fingerprint density at radius 1 is 1.18 bits per heavy atom. The highest BCUT2D eigenvalue weighted by atomic mass is 32.1. The Morgan fingerprint density at radius 3 is 2.68 bits per heavy atom. The standard InChI is InChI=1S/C14H13N3O4S/c18-11(4-5-12(19)20)16-10-3-1-2-9(8-10)13(21)17-14-15-6-7-22-14/h1-3,6-8H,4-5H2,(H,16,18)(H,19,20)(H,15,17,21). The fraction of sp³-hybridized carbons (Fsp3) is 0.143. The van der Waals surface area contributed by atoms with Crippen LogP contribution in [0.4, 0.5) is 10.8 Å². The number of hydrogen-bond acceptors (Lipinski definition) is 5. The van der Waals surface area contributed by atoms with Gasteiger partial charge < -0.3 is 10.4 Å². The van der Waals surface area contributed by atoms with Crippen LogP contribution in [-0.4, -0.2) is 27.9 Å². The molecule has 22 heavy (non-hydrogen) atoms. The summed E-state index contributed by atoms with van der Waals surface area (Å²) in [7, 11) is 0. The molecule has 2 rings (SSSR count). The Kier molecular flexibility index (Phi) is 5.21. The van der Waals surface area contributed by atoms with Crippen molar-refractivity contribution in [2.75, 3.05) is 10.6 Å². The summed E-state index contributed by atoms with van der Waals surface area (Å²) in [5, 5.41) is 16.0. The molecule has 0 fully saturated rings. The van der Waals surface area contributed by atoms with Gasteiger partial charge in [0.15, 0.2) is 5.13 Å². The van der Waals surface area contributed by atoms with Crippen molar-refractivity contribution in [3.05, 3.63) is 41.4 Å². The van der Waals surface area contributed by atoms with E-state index in [4.69, 9.17) is 5.11 Å². The number of thiazole rings is 1. The number of anilines is 2. The lowest BCUT2D eigenvalue weighted by molar-refractivity contribution is -0.138. The molecule has 0 spiro atoms. The predicted molar refractivity (Wildman–Crippen MR) is 82.0 cm³/mol. The van der Waals surface area contributed by atoms with Crippen LogP contribution < -0.4 is 10.6 Å². The first-order valence-electron chi connectivity index (χ1n) is 6.37. The normalized spacial score (nSPS) is 10.0. The third kappa shape index (κ3) is 4.67. The Labute approximate surface area is 130 Å². The molecular formula is C14H13N3O4S. The molecule has 0 unspecified atom stereocenters. The third-order valence-corrected chi connectivity index (χ3v) is 3.32. The zero-order valence-electron chi connectivity index (χ0n) is 11.4. The number of carboxylic acids is 1. The van der Waals surface area contributed by atoms with Crippen LogP contribution in [0.15, 0.2) is 35.8 Å². The van der Waals surface area contributed by atoms with Crippen LogP contribution >= 0.6 is 11.3 Å². The largest absolute Gasteiger partial charge is 0.481 e. The van der Waals surface area contributed by atoms with E-state index in [2.05, 4.69) is 15.6 Å². The Hall–Kier alpha value is -2.74. The second-order valence-electron chi connectivity index (χ2n) is 4.31. The van der Waals surface area contributed by atoms with Crippen molar-refractivity contribution in [2.24, 2.45) is 0 Å². The number of rotatable bonds is 6. The summed E-state index contributed by atoms with van der Waals surface area (Å²) in [6.07, 6.45) is 1.22. The van der Waals surface area contributed by atoms with Gasteiger partial charge in [-0.2, -0.15) is 0 Å². The van der Waals surface area contributed by atoms with Crippen LogP contribution in [0.2, 0.25) is 0 Å². The Morgan fingerprint density at radius 2 is 2.00 bits per heavy atom. The minimum Gasteiger partial charge on any atom is -0.481 e. The summed E-state index contributed by atoms with van der Waals surface area (Å²) < 4.78 is 0. The molecule has 2 aromatic rings. The molecule has 0 radical (unpaired) electrons. The molecule has 3 N–H and O–H groups in total. The van der Waals surface area contributed by atoms with Crippen molar-refractivity contribution >= 4 is 39.9 Å². The zero-order valence-corrected chi connectivity index (χ0v) is 12.2. The second kappa shape index (κ2) is 7.32. The topological polar surface area (TPSA) is 108 Å². The van der Waals surface area contributed by atoms with E-state index < -0.39 is 11.9 Å². The van der Waals surface area contributed by atoms with Crippen LogP contribution in [0.25, 0.3) is 0 Å². The van der Waals surface area contributed by atoms with Crippen molar-refractivity contribution in [3.8, 4) is 0 Å². The average molecular weight is 319 g/mol. The number of amides is 2. The van der Waals surface area contributed by atoms with Crippen LogP contribution in [0.5, 0.6) is 0 Å². The van der Waals surface area contributed by atoms with Gasteiger partial charge in [0.1, 0.15) is 0 Å². The fourth-order valence-electron chi connectivity index (χ4n) is 1.64. The van der Waals surface area contributed by atoms with Gasteiger partial charge in [0.05, 0.1) is 6.42 Å². The zero-order chi connectivity index (χ0) is 15.9. The number of carboxylic acid groups (broad SMARTS) is 1. The maximum atomic E-state index is 12.0. The van der Waals surface area contributed by atoms with Crippen LogP contribution in [0, 0.1) is 0 Å². The highest BCUT2D eigenvalue weighted by Crippen LogP contribution is 2.15. The predicted octanol–water partition coefficient (Wildman–Crippen LogP) is 2.20. The summed E-state index contributed by atoms with van der Waals surface area (Å²) >= 11 is 1.30. The van der Waals surface area contributed by atoms with Gasteiger partial charge in [0.25, 0.3) is 5.91 Å². The Balaban J connectivity index is 1.98. The first-order valence-corrected chi connectivity index (χ1v) is 7.25. The molecule has 8 heteroatoms. The molecule has 1 heterocycles. The molecule has 0 aliphatic heterocycles. The second-order valence-corrected chi connectivity index (χ2v) is 5.21. The maximum absolute atomic E-state index is 12.0. The molecule has 0 saturated carbocycles. The molecule has 114 valence electrons. The molecule has 2 amide bonds. The highest BCUT2D eigenvalue weighted by Gasteiger charge is 2.10. The van der Waals surface area contributed by atoms with Crippen LogP contribution in [0.3, 0.4) is 0 Å². The Bertz CT molecular complexity index is 685. The molecule has 0 aliphatic carbocycles. The van der Waals surface area contributed by atoms with E-state index in [1.54, 1.807) is 29.8 Å². The van der Waals surface area contributed by atoms with Crippen LogP contribution in [-0.2, 0) is 9.59 Å². The molecule has 1 aromatic heterocycles. The average Bonchev–Trinajstić information content (AvgIpc) is 2.98. The van der Waals surface area contributed by atoms with Crippen LogP contribution in [0.1, 0.15) is 23.2 Å². The van der Waals surface area contributed by atoms with E-state index in [-0.39, 0.29) is 18.7 Å². The van der Waals surface area contributed by atoms with E-state index in [9.17, 15) is 14.4 Å². The number of aromatic nitrogens is 1. The van der Waals surface area contributed by atoms with Crippen molar-refractivity contribution < 1.29 is 19.5 Å². The van der Waals surface area contributed by atoms with Crippen molar-refractivity contribution in [1.29, 1.82) is 0 Å². The van der Waals surface area contributed by atoms with Gasteiger partial charge in [-0.1, -0.05) is 6.07 Å². The van der Waals surface area contributed by atoms with E-state index in [1.807, 2.05) is 0 Å².